The van der Waals surface area contributed by atoms with Crippen LogP contribution in [0.2, 0.25) is 0 Å². The van der Waals surface area contributed by atoms with Gasteiger partial charge in [-0.3, -0.25) is 4.79 Å². The molecule has 16 heavy (non-hydrogen) atoms. The van der Waals surface area contributed by atoms with Crippen molar-refractivity contribution in [1.29, 1.82) is 0 Å². The zero-order valence-corrected chi connectivity index (χ0v) is 8.76. The average molecular weight is 219 g/mol. The molecule has 4 heteroatoms. The first-order valence-corrected chi connectivity index (χ1v) is 5.06. The monoisotopic (exact) mass is 219 g/mol. The summed E-state index contributed by atoms with van der Waals surface area (Å²) in [6.07, 6.45) is 2.71. The van der Waals surface area contributed by atoms with Gasteiger partial charge in [-0.1, -0.05) is 18.2 Å². The molecule has 0 aliphatic carbocycles. The molecule has 1 heterocycles. The van der Waals surface area contributed by atoms with E-state index in [2.05, 4.69) is 0 Å². The summed E-state index contributed by atoms with van der Waals surface area (Å²) in [5.41, 5.74) is 6.87. The number of carbonyl (C=O) groups excluding carboxylic acids is 1. The standard InChI is InChI=1S/C12H13NO3/c13-11(14)5-4-9-2-1-3-10(8-9)12-15-6-7-16-12/h1-5,8,12H,6-7H2,(H2,13,14). The Morgan fingerprint density at radius 2 is 2.12 bits per heavy atom. The fraction of sp³-hybridized carbons (Fsp3) is 0.250. The van der Waals surface area contributed by atoms with Gasteiger partial charge in [-0.05, 0) is 17.7 Å². The molecule has 0 aromatic heterocycles. The molecule has 0 atom stereocenters. The summed E-state index contributed by atoms with van der Waals surface area (Å²) in [7, 11) is 0. The lowest BCUT2D eigenvalue weighted by molar-refractivity contribution is -0.113. The normalized spacial score (nSPS) is 17.0. The summed E-state index contributed by atoms with van der Waals surface area (Å²) >= 11 is 0. The molecule has 1 saturated heterocycles. The highest BCUT2D eigenvalue weighted by Gasteiger charge is 2.17. The van der Waals surface area contributed by atoms with Crippen LogP contribution in [0.15, 0.2) is 30.3 Å². The van der Waals surface area contributed by atoms with Gasteiger partial charge in [0.2, 0.25) is 5.91 Å². The van der Waals surface area contributed by atoms with E-state index < -0.39 is 5.91 Å². The first-order chi connectivity index (χ1) is 7.75. The summed E-state index contributed by atoms with van der Waals surface area (Å²) in [6.45, 7) is 1.23. The van der Waals surface area contributed by atoms with Crippen LogP contribution < -0.4 is 5.73 Å². The van der Waals surface area contributed by atoms with E-state index in [9.17, 15) is 4.79 Å². The SMILES string of the molecule is NC(=O)C=Cc1cccc(C2OCCO2)c1. The quantitative estimate of drug-likeness (QED) is 0.778. The zero-order chi connectivity index (χ0) is 11.4. The lowest BCUT2D eigenvalue weighted by atomic mass is 10.1. The Morgan fingerprint density at radius 1 is 1.38 bits per heavy atom. The molecule has 1 amide bonds. The van der Waals surface area contributed by atoms with Crippen LogP contribution in [-0.2, 0) is 14.3 Å². The van der Waals surface area contributed by atoms with Crippen molar-refractivity contribution < 1.29 is 14.3 Å². The highest BCUT2D eigenvalue weighted by Crippen LogP contribution is 2.23. The Bertz CT molecular complexity index is 408. The van der Waals surface area contributed by atoms with Gasteiger partial charge in [0.25, 0.3) is 0 Å². The summed E-state index contributed by atoms with van der Waals surface area (Å²) in [6, 6.07) is 7.62. The van der Waals surface area contributed by atoms with E-state index in [-0.39, 0.29) is 6.29 Å². The molecule has 1 aliphatic heterocycles. The molecule has 0 unspecified atom stereocenters. The van der Waals surface area contributed by atoms with Gasteiger partial charge < -0.3 is 15.2 Å². The number of primary amides is 1. The summed E-state index contributed by atoms with van der Waals surface area (Å²) in [4.78, 5) is 10.6. The smallest absolute Gasteiger partial charge is 0.241 e. The van der Waals surface area contributed by atoms with Gasteiger partial charge in [0.15, 0.2) is 6.29 Å². The molecular weight excluding hydrogens is 206 g/mol. The minimum atomic E-state index is -0.459. The minimum Gasteiger partial charge on any atom is -0.366 e. The Morgan fingerprint density at radius 3 is 2.81 bits per heavy atom. The van der Waals surface area contributed by atoms with E-state index in [0.29, 0.717) is 13.2 Å². The molecule has 1 fully saturated rings. The van der Waals surface area contributed by atoms with E-state index in [1.165, 1.54) is 6.08 Å². The molecule has 2 rings (SSSR count). The van der Waals surface area contributed by atoms with Crippen LogP contribution in [0.4, 0.5) is 0 Å². The molecule has 0 spiro atoms. The van der Waals surface area contributed by atoms with Crippen LogP contribution in [0, 0.1) is 0 Å². The number of hydrogen-bond donors (Lipinski definition) is 1. The van der Waals surface area contributed by atoms with Gasteiger partial charge >= 0.3 is 0 Å². The van der Waals surface area contributed by atoms with E-state index in [0.717, 1.165) is 11.1 Å². The van der Waals surface area contributed by atoms with Crippen LogP contribution in [0.1, 0.15) is 17.4 Å². The van der Waals surface area contributed by atoms with Crippen molar-refractivity contribution >= 4 is 12.0 Å². The van der Waals surface area contributed by atoms with Crippen molar-refractivity contribution in [3.63, 3.8) is 0 Å². The molecule has 1 aromatic rings. The number of carbonyl (C=O) groups is 1. The molecule has 2 N–H and O–H groups in total. The Labute approximate surface area is 93.7 Å². The van der Waals surface area contributed by atoms with Crippen LogP contribution in [0.25, 0.3) is 6.08 Å². The second kappa shape index (κ2) is 4.92. The lowest BCUT2D eigenvalue weighted by Gasteiger charge is -2.09. The van der Waals surface area contributed by atoms with Crippen molar-refractivity contribution in [3.8, 4) is 0 Å². The predicted molar refractivity (Wildman–Crippen MR) is 59.3 cm³/mol. The number of amides is 1. The number of benzene rings is 1. The van der Waals surface area contributed by atoms with Crippen molar-refractivity contribution in [1.82, 2.24) is 0 Å². The molecule has 0 bridgehead atoms. The fourth-order valence-corrected chi connectivity index (χ4v) is 1.54. The van der Waals surface area contributed by atoms with Gasteiger partial charge in [0, 0.05) is 11.6 Å². The van der Waals surface area contributed by atoms with Gasteiger partial charge in [-0.2, -0.15) is 0 Å². The second-order valence-corrected chi connectivity index (χ2v) is 3.48. The minimum absolute atomic E-state index is 0.290. The number of rotatable bonds is 3. The third-order valence-electron chi connectivity index (χ3n) is 2.24. The predicted octanol–water partition coefficient (Wildman–Crippen LogP) is 1.23. The Balaban J connectivity index is 2.15. The van der Waals surface area contributed by atoms with Crippen LogP contribution in [0.5, 0.6) is 0 Å². The summed E-state index contributed by atoms with van der Waals surface area (Å²) < 4.78 is 10.8. The highest BCUT2D eigenvalue weighted by atomic mass is 16.7. The topological polar surface area (TPSA) is 61.6 Å². The van der Waals surface area contributed by atoms with Crippen LogP contribution >= 0.6 is 0 Å². The van der Waals surface area contributed by atoms with Crippen molar-refractivity contribution in [2.45, 2.75) is 6.29 Å². The second-order valence-electron chi connectivity index (χ2n) is 3.48. The highest BCUT2D eigenvalue weighted by molar-refractivity contribution is 5.90. The van der Waals surface area contributed by atoms with E-state index in [4.69, 9.17) is 15.2 Å². The van der Waals surface area contributed by atoms with Crippen LogP contribution in [-0.4, -0.2) is 19.1 Å². The van der Waals surface area contributed by atoms with E-state index >= 15 is 0 Å². The Kier molecular flexibility index (Phi) is 3.34. The molecule has 1 aromatic carbocycles. The first kappa shape index (κ1) is 10.9. The van der Waals surface area contributed by atoms with Crippen molar-refractivity contribution in [2.24, 2.45) is 5.73 Å². The molecule has 1 aliphatic rings. The fourth-order valence-electron chi connectivity index (χ4n) is 1.54. The third kappa shape index (κ3) is 2.68. The zero-order valence-electron chi connectivity index (χ0n) is 8.76. The molecular formula is C12H13NO3. The summed E-state index contributed by atoms with van der Waals surface area (Å²) in [5.74, 6) is -0.459. The number of hydrogen-bond acceptors (Lipinski definition) is 3. The van der Waals surface area contributed by atoms with Gasteiger partial charge in [0.1, 0.15) is 0 Å². The maximum atomic E-state index is 10.6. The van der Waals surface area contributed by atoms with Crippen molar-refractivity contribution in [3.05, 3.63) is 41.5 Å². The third-order valence-corrected chi connectivity index (χ3v) is 2.24. The molecule has 4 nitrogen and oxygen atoms in total. The summed E-state index contributed by atoms with van der Waals surface area (Å²) in [5, 5.41) is 0. The van der Waals surface area contributed by atoms with Gasteiger partial charge in [-0.15, -0.1) is 0 Å². The van der Waals surface area contributed by atoms with Crippen molar-refractivity contribution in [2.75, 3.05) is 13.2 Å². The van der Waals surface area contributed by atoms with Crippen LogP contribution in [0.3, 0.4) is 0 Å². The first-order valence-electron chi connectivity index (χ1n) is 5.06. The molecule has 84 valence electrons. The largest absolute Gasteiger partial charge is 0.366 e. The molecule has 0 saturated carbocycles. The maximum Gasteiger partial charge on any atom is 0.241 e. The van der Waals surface area contributed by atoms with E-state index in [1.54, 1.807) is 6.08 Å². The number of nitrogens with two attached hydrogens (primary N) is 1. The maximum absolute atomic E-state index is 10.6. The van der Waals surface area contributed by atoms with Gasteiger partial charge in [0.05, 0.1) is 13.2 Å². The number of ether oxygens (including phenoxy) is 2. The van der Waals surface area contributed by atoms with Gasteiger partial charge in [-0.25, -0.2) is 0 Å². The lowest BCUT2D eigenvalue weighted by Crippen LogP contribution is -2.05. The Hall–Kier alpha value is -1.65. The van der Waals surface area contributed by atoms with E-state index in [1.807, 2.05) is 24.3 Å². The average Bonchev–Trinajstić information content (AvgIpc) is 2.80. The molecule has 0 radical (unpaired) electrons.